The van der Waals surface area contributed by atoms with Crippen molar-refractivity contribution in [3.05, 3.63) is 59.7 Å². The number of nitrogens with zero attached hydrogens (tertiary/aromatic N) is 1. The van der Waals surface area contributed by atoms with Gasteiger partial charge in [-0.3, -0.25) is 19.4 Å². The van der Waals surface area contributed by atoms with E-state index in [2.05, 4.69) is 20.9 Å². The van der Waals surface area contributed by atoms with Crippen LogP contribution < -0.4 is 21.7 Å². The van der Waals surface area contributed by atoms with Crippen molar-refractivity contribution in [1.29, 1.82) is 0 Å². The molecule has 8 nitrogen and oxygen atoms in total. The largest absolute Gasteiger partial charge is 0.368 e. The summed E-state index contributed by atoms with van der Waals surface area (Å²) in [6.45, 7) is 3.48. The molecule has 2 unspecified atom stereocenters. The fourth-order valence-corrected chi connectivity index (χ4v) is 2.77. The SMILES string of the molecule is Cc1ccc(C(=O)Nc2ccc(NC(=O)C3N=CNC3(C)C(N)=O)cc2)cc1. The second-order valence-corrected chi connectivity index (χ2v) is 6.78. The van der Waals surface area contributed by atoms with Gasteiger partial charge in [0.15, 0.2) is 6.04 Å². The fraction of sp³-hybridized carbons (Fsp3) is 0.200. The van der Waals surface area contributed by atoms with Gasteiger partial charge in [-0.05, 0) is 50.2 Å². The van der Waals surface area contributed by atoms with E-state index in [1.807, 2.05) is 19.1 Å². The number of carbonyl (C=O) groups is 3. The number of hydrogen-bond donors (Lipinski definition) is 4. The van der Waals surface area contributed by atoms with Crippen LogP contribution in [0.5, 0.6) is 0 Å². The van der Waals surface area contributed by atoms with Crippen LogP contribution in [0.15, 0.2) is 53.5 Å². The van der Waals surface area contributed by atoms with E-state index in [0.29, 0.717) is 16.9 Å². The molecule has 1 aliphatic rings. The van der Waals surface area contributed by atoms with Crippen molar-refractivity contribution >= 4 is 35.4 Å². The van der Waals surface area contributed by atoms with E-state index in [4.69, 9.17) is 5.73 Å². The zero-order valence-corrected chi connectivity index (χ0v) is 15.5. The molecular formula is C20H21N5O3. The standard InChI is InChI=1S/C20H21N5O3/c1-12-3-5-13(6-4-12)17(26)24-14-7-9-15(10-8-14)25-18(27)16-20(2,19(21)28)23-11-22-16/h3-11,16H,1-2H3,(H2,21,28)(H,22,23)(H,24,26)(H,25,27). The zero-order chi connectivity index (χ0) is 20.3. The van der Waals surface area contributed by atoms with Crippen LogP contribution >= 0.6 is 0 Å². The Kier molecular flexibility index (Phi) is 5.12. The van der Waals surface area contributed by atoms with Crippen molar-refractivity contribution in [1.82, 2.24) is 5.32 Å². The quantitative estimate of drug-likeness (QED) is 0.627. The van der Waals surface area contributed by atoms with Gasteiger partial charge in [0, 0.05) is 16.9 Å². The average Bonchev–Trinajstić information content (AvgIpc) is 3.07. The summed E-state index contributed by atoms with van der Waals surface area (Å²) in [6, 6.07) is 12.9. The van der Waals surface area contributed by atoms with E-state index in [1.54, 1.807) is 36.4 Å². The van der Waals surface area contributed by atoms with Crippen molar-refractivity contribution < 1.29 is 14.4 Å². The molecular weight excluding hydrogens is 358 g/mol. The van der Waals surface area contributed by atoms with Crippen LogP contribution in [0, 0.1) is 6.92 Å². The van der Waals surface area contributed by atoms with Crippen LogP contribution in [-0.4, -0.2) is 35.6 Å². The zero-order valence-electron chi connectivity index (χ0n) is 15.5. The summed E-state index contributed by atoms with van der Waals surface area (Å²) in [4.78, 5) is 40.3. The van der Waals surface area contributed by atoms with Gasteiger partial charge < -0.3 is 21.7 Å². The summed E-state index contributed by atoms with van der Waals surface area (Å²) < 4.78 is 0. The summed E-state index contributed by atoms with van der Waals surface area (Å²) >= 11 is 0. The molecule has 2 aromatic carbocycles. The first-order valence-electron chi connectivity index (χ1n) is 8.68. The van der Waals surface area contributed by atoms with Gasteiger partial charge in [0.1, 0.15) is 5.54 Å². The molecule has 0 bridgehead atoms. The molecule has 3 rings (SSSR count). The minimum Gasteiger partial charge on any atom is -0.368 e. The first-order valence-corrected chi connectivity index (χ1v) is 8.68. The van der Waals surface area contributed by atoms with E-state index in [0.717, 1.165) is 5.56 Å². The van der Waals surface area contributed by atoms with Gasteiger partial charge in [-0.2, -0.15) is 0 Å². The van der Waals surface area contributed by atoms with Crippen molar-refractivity contribution in [3.63, 3.8) is 0 Å². The van der Waals surface area contributed by atoms with Crippen LogP contribution in [0.1, 0.15) is 22.8 Å². The third-order valence-electron chi connectivity index (χ3n) is 4.62. The van der Waals surface area contributed by atoms with Gasteiger partial charge in [-0.1, -0.05) is 17.7 Å². The lowest BCUT2D eigenvalue weighted by molar-refractivity contribution is -0.128. The lowest BCUT2D eigenvalue weighted by atomic mass is 9.92. The molecule has 1 aliphatic heterocycles. The number of nitrogens with two attached hydrogens (primary N) is 1. The maximum absolute atomic E-state index is 12.5. The van der Waals surface area contributed by atoms with E-state index in [1.165, 1.54) is 13.3 Å². The average molecular weight is 379 g/mol. The third-order valence-corrected chi connectivity index (χ3v) is 4.62. The number of carbonyl (C=O) groups excluding carboxylic acids is 3. The van der Waals surface area contributed by atoms with E-state index >= 15 is 0 Å². The van der Waals surface area contributed by atoms with Crippen molar-refractivity contribution in [2.24, 2.45) is 10.7 Å². The maximum atomic E-state index is 12.5. The number of benzene rings is 2. The van der Waals surface area contributed by atoms with Gasteiger partial charge in [-0.15, -0.1) is 0 Å². The van der Waals surface area contributed by atoms with Crippen LogP contribution in [0.4, 0.5) is 11.4 Å². The predicted octanol–water partition coefficient (Wildman–Crippen LogP) is 1.43. The van der Waals surface area contributed by atoms with Crippen molar-refractivity contribution in [2.75, 3.05) is 10.6 Å². The summed E-state index contributed by atoms with van der Waals surface area (Å²) in [6.07, 6.45) is 1.30. The van der Waals surface area contributed by atoms with Crippen LogP contribution in [0.25, 0.3) is 0 Å². The Morgan fingerprint density at radius 3 is 2.14 bits per heavy atom. The van der Waals surface area contributed by atoms with Crippen LogP contribution in [0.2, 0.25) is 0 Å². The summed E-state index contributed by atoms with van der Waals surface area (Å²) in [5.74, 6) is -1.35. The van der Waals surface area contributed by atoms with Crippen LogP contribution in [0.3, 0.4) is 0 Å². The summed E-state index contributed by atoms with van der Waals surface area (Å²) in [5, 5.41) is 8.22. The highest BCUT2D eigenvalue weighted by Crippen LogP contribution is 2.20. The van der Waals surface area contributed by atoms with Gasteiger partial charge >= 0.3 is 0 Å². The molecule has 0 aromatic heterocycles. The molecule has 8 heteroatoms. The molecule has 0 fully saturated rings. The first kappa shape index (κ1) is 19.1. The molecule has 144 valence electrons. The fourth-order valence-electron chi connectivity index (χ4n) is 2.77. The molecule has 1 heterocycles. The Bertz CT molecular complexity index is 937. The molecule has 0 saturated heterocycles. The Morgan fingerprint density at radius 2 is 1.57 bits per heavy atom. The molecule has 0 aliphatic carbocycles. The molecule has 0 radical (unpaired) electrons. The monoisotopic (exact) mass is 379 g/mol. The molecule has 28 heavy (non-hydrogen) atoms. The second-order valence-electron chi connectivity index (χ2n) is 6.78. The number of amides is 3. The number of nitrogens with one attached hydrogen (secondary N) is 3. The van der Waals surface area contributed by atoms with E-state index in [9.17, 15) is 14.4 Å². The summed E-state index contributed by atoms with van der Waals surface area (Å²) in [5.41, 5.74) is 6.83. The minimum absolute atomic E-state index is 0.222. The number of rotatable bonds is 5. The van der Waals surface area contributed by atoms with Crippen LogP contribution in [-0.2, 0) is 9.59 Å². The smallest absolute Gasteiger partial charge is 0.255 e. The Hall–Kier alpha value is -3.68. The summed E-state index contributed by atoms with van der Waals surface area (Å²) in [7, 11) is 0. The van der Waals surface area contributed by atoms with Crippen molar-refractivity contribution in [2.45, 2.75) is 25.4 Å². The highest BCUT2D eigenvalue weighted by Gasteiger charge is 2.46. The molecule has 0 saturated carbocycles. The van der Waals surface area contributed by atoms with Gasteiger partial charge in [0.2, 0.25) is 5.91 Å². The molecule has 2 atom stereocenters. The van der Waals surface area contributed by atoms with Gasteiger partial charge in [-0.25, -0.2) is 0 Å². The Labute approximate surface area is 162 Å². The normalized spacial score (nSPS) is 20.3. The molecule has 2 aromatic rings. The lowest BCUT2D eigenvalue weighted by Gasteiger charge is -2.26. The first-order chi connectivity index (χ1) is 13.3. The van der Waals surface area contributed by atoms with Crippen molar-refractivity contribution in [3.8, 4) is 0 Å². The second kappa shape index (κ2) is 7.51. The van der Waals surface area contributed by atoms with Gasteiger partial charge in [0.05, 0.1) is 6.34 Å². The highest BCUT2D eigenvalue weighted by atomic mass is 16.2. The molecule has 3 amide bonds. The lowest BCUT2D eigenvalue weighted by Crippen LogP contribution is -2.59. The Morgan fingerprint density at radius 1 is 1.00 bits per heavy atom. The Balaban J connectivity index is 1.63. The number of aryl methyl sites for hydroxylation is 1. The highest BCUT2D eigenvalue weighted by molar-refractivity contribution is 6.05. The van der Waals surface area contributed by atoms with E-state index < -0.39 is 23.4 Å². The molecule has 5 N–H and O–H groups in total. The predicted molar refractivity (Wildman–Crippen MR) is 107 cm³/mol. The number of primary amides is 1. The minimum atomic E-state index is -1.27. The molecule has 0 spiro atoms. The third kappa shape index (κ3) is 3.85. The number of anilines is 2. The maximum Gasteiger partial charge on any atom is 0.255 e. The number of aliphatic imine (C=N–C) groups is 1. The topological polar surface area (TPSA) is 126 Å². The van der Waals surface area contributed by atoms with Gasteiger partial charge in [0.25, 0.3) is 11.8 Å². The number of hydrogen-bond acceptors (Lipinski definition) is 5. The van der Waals surface area contributed by atoms with E-state index in [-0.39, 0.29) is 5.91 Å².